The molecule has 0 radical (unpaired) electrons. The number of Topliss-reactive ketones (excluding diaryl/α,β-unsaturated/α-hetero) is 1. The van der Waals surface area contributed by atoms with Crippen LogP contribution in [0, 0.1) is 13.8 Å². The number of ether oxygens (including phenoxy) is 6. The van der Waals surface area contributed by atoms with E-state index in [1.54, 1.807) is 24.9 Å². The molecule has 0 aliphatic carbocycles. The van der Waals surface area contributed by atoms with E-state index in [-0.39, 0.29) is 44.5 Å². The molecule has 7 atom stereocenters. The van der Waals surface area contributed by atoms with Crippen LogP contribution in [-0.4, -0.2) is 114 Å². The lowest BCUT2D eigenvalue weighted by Gasteiger charge is -2.62. The first-order valence-corrected chi connectivity index (χ1v) is 22.0. The van der Waals surface area contributed by atoms with Crippen LogP contribution in [0.25, 0.3) is 10.9 Å². The number of aromatic amines is 1. The minimum absolute atomic E-state index is 0.0186. The lowest BCUT2D eigenvalue weighted by molar-refractivity contribution is -0.181. The molecule has 0 amide bonds. The van der Waals surface area contributed by atoms with Crippen LogP contribution >= 0.6 is 11.8 Å². The van der Waals surface area contributed by atoms with Gasteiger partial charge < -0.3 is 38.5 Å². The Morgan fingerprint density at radius 1 is 1.10 bits per heavy atom. The molecule has 1 aromatic heterocycles. The van der Waals surface area contributed by atoms with Crippen molar-refractivity contribution in [3.05, 3.63) is 100 Å². The number of aliphatic hydroxyl groups is 1. The van der Waals surface area contributed by atoms with Crippen molar-refractivity contribution in [2.45, 2.75) is 74.8 Å². The van der Waals surface area contributed by atoms with Gasteiger partial charge in [-0.3, -0.25) is 24.3 Å². The smallest absolute Gasteiger partial charge is 0.308 e. The highest BCUT2D eigenvalue weighted by Gasteiger charge is 2.61. The fourth-order valence-corrected chi connectivity index (χ4v) is 13.3. The fourth-order valence-electron chi connectivity index (χ4n) is 11.5. The van der Waals surface area contributed by atoms with Crippen LogP contribution in [0.5, 0.6) is 28.7 Å². The van der Waals surface area contributed by atoms with Crippen LogP contribution in [0.15, 0.2) is 55.6 Å². The summed E-state index contributed by atoms with van der Waals surface area (Å²) in [5, 5.41) is 13.5. The molecule has 2 saturated heterocycles. The van der Waals surface area contributed by atoms with Gasteiger partial charge in [0.25, 0.3) is 0 Å². The molecule has 2 fully saturated rings. The van der Waals surface area contributed by atoms with Crippen LogP contribution in [-0.2, 0) is 32.7 Å². The van der Waals surface area contributed by atoms with Gasteiger partial charge in [0.1, 0.15) is 30.7 Å². The molecule has 320 valence electrons. The minimum Gasteiger partial charge on any atom is -0.493 e. The van der Waals surface area contributed by atoms with E-state index in [2.05, 4.69) is 58.1 Å². The van der Waals surface area contributed by atoms with E-state index >= 15 is 4.79 Å². The highest BCUT2D eigenvalue weighted by molar-refractivity contribution is 7.99. The van der Waals surface area contributed by atoms with E-state index < -0.39 is 35.1 Å². The van der Waals surface area contributed by atoms with Crippen molar-refractivity contribution in [3.63, 3.8) is 0 Å². The summed E-state index contributed by atoms with van der Waals surface area (Å²) >= 11 is 1.64. The second-order valence-electron chi connectivity index (χ2n) is 17.0. The first-order chi connectivity index (χ1) is 29.5. The maximum Gasteiger partial charge on any atom is 0.308 e. The number of H-pyrrole nitrogens is 1. The molecule has 1 unspecified atom stereocenters. The van der Waals surface area contributed by atoms with E-state index in [1.807, 2.05) is 32.1 Å². The number of benzene rings is 3. The number of rotatable bonds is 7. The molecule has 14 heteroatoms. The zero-order valence-electron chi connectivity index (χ0n) is 35.2. The Kier molecular flexibility index (Phi) is 10.0. The number of thioether (sulfide) groups is 1. The summed E-state index contributed by atoms with van der Waals surface area (Å²) in [6.07, 6.45) is 3.91. The Bertz CT molecular complexity index is 2500. The Morgan fingerprint density at radius 2 is 1.90 bits per heavy atom. The van der Waals surface area contributed by atoms with Gasteiger partial charge in [0.05, 0.1) is 37.1 Å². The van der Waals surface area contributed by atoms with E-state index in [0.717, 1.165) is 56.4 Å². The minimum atomic E-state index is -1.16. The van der Waals surface area contributed by atoms with Gasteiger partial charge in [-0.15, -0.1) is 18.3 Å². The zero-order chi connectivity index (χ0) is 42.5. The predicted octanol–water partition coefficient (Wildman–Crippen LogP) is 5.98. The number of nitrogens with one attached hydrogen (secondary N) is 1. The molecular formula is C47H52N4O9S. The summed E-state index contributed by atoms with van der Waals surface area (Å²) in [7, 11) is 3.72. The lowest BCUT2D eigenvalue weighted by Crippen LogP contribution is -2.69. The van der Waals surface area contributed by atoms with E-state index in [4.69, 9.17) is 28.4 Å². The van der Waals surface area contributed by atoms with Crippen molar-refractivity contribution < 1.29 is 43.1 Å². The van der Waals surface area contributed by atoms with Crippen LogP contribution in [0.1, 0.15) is 68.9 Å². The molecule has 7 aliphatic rings. The Hall–Kier alpha value is -4.83. The monoisotopic (exact) mass is 848 g/mol. The van der Waals surface area contributed by atoms with Crippen molar-refractivity contribution in [2.24, 2.45) is 0 Å². The maximum absolute atomic E-state index is 15.4. The Morgan fingerprint density at radius 3 is 2.67 bits per heavy atom. The van der Waals surface area contributed by atoms with Crippen molar-refractivity contribution in [2.75, 3.05) is 59.6 Å². The number of aromatic nitrogens is 1. The fraction of sp³-hybridized carbons (Fsp3) is 0.447. The zero-order valence-corrected chi connectivity index (χ0v) is 36.1. The number of ketones is 1. The van der Waals surface area contributed by atoms with Gasteiger partial charge in [-0.1, -0.05) is 43.0 Å². The Balaban J connectivity index is 1.27. The molecule has 4 bridgehead atoms. The topological polar surface area (TPSA) is 135 Å². The number of para-hydroxylation sites is 1. The van der Waals surface area contributed by atoms with Crippen LogP contribution in [0.4, 0.5) is 0 Å². The standard InChI is InChI=1S/C47H52N4O9S/c1-8-15-50-16-14-29-28-12-10-11-13-30(28)48-45(29)47(50)22-61-44-36-35(43-41(58-23-59-43)25(4)40(36)60-26(5)52)32(20-56-21-33(47)53)51-38(44)37-34-27(19-31(46(51)54)49(37)6)18-24(3)39(55-7)42(34)57-17-9-2/h8-13,18,31-32,37-38,44,46,48,54H,1-2,14-17,19-23H2,3-7H3/t31-,32-,37+,38?,44+,46-,47-/m0/s1. The van der Waals surface area contributed by atoms with E-state index in [1.165, 1.54) is 6.92 Å². The van der Waals surface area contributed by atoms with Crippen molar-refractivity contribution in [1.82, 2.24) is 19.7 Å². The van der Waals surface area contributed by atoms with Crippen LogP contribution in [0.3, 0.4) is 0 Å². The molecule has 2 N–H and O–H groups in total. The number of hydrogen-bond donors (Lipinski definition) is 2. The number of hydrogen-bond acceptors (Lipinski definition) is 13. The van der Waals surface area contributed by atoms with E-state index in [0.29, 0.717) is 59.6 Å². The number of likely N-dealkylation sites (N-methyl/N-ethyl adjacent to an activating group) is 1. The molecule has 13 nitrogen and oxygen atoms in total. The highest BCUT2D eigenvalue weighted by atomic mass is 32.2. The summed E-state index contributed by atoms with van der Waals surface area (Å²) in [5.74, 6) is 2.45. The van der Waals surface area contributed by atoms with Crippen LogP contribution in [0.2, 0.25) is 0 Å². The summed E-state index contributed by atoms with van der Waals surface area (Å²) in [4.78, 5) is 39.0. The molecule has 4 aromatic rings. The van der Waals surface area contributed by atoms with Gasteiger partial charge in [0.15, 0.2) is 28.8 Å². The van der Waals surface area contributed by atoms with Gasteiger partial charge in [0.2, 0.25) is 6.79 Å². The van der Waals surface area contributed by atoms with Gasteiger partial charge in [-0.25, -0.2) is 0 Å². The number of fused-ring (bicyclic) bond motifs is 12. The van der Waals surface area contributed by atoms with Crippen LogP contribution < -0.4 is 23.7 Å². The predicted molar refractivity (Wildman–Crippen MR) is 231 cm³/mol. The molecule has 11 rings (SSSR count). The van der Waals surface area contributed by atoms with Gasteiger partial charge in [-0.2, -0.15) is 0 Å². The first-order valence-electron chi connectivity index (χ1n) is 21.0. The summed E-state index contributed by atoms with van der Waals surface area (Å²) in [6.45, 7) is 14.6. The number of esters is 1. The third kappa shape index (κ3) is 5.79. The molecule has 1 spiro atoms. The van der Waals surface area contributed by atoms with Gasteiger partial charge in [-0.05, 0) is 56.5 Å². The number of aryl methyl sites for hydroxylation is 1. The normalized spacial score (nSPS) is 28.1. The molecule has 61 heavy (non-hydrogen) atoms. The molecule has 3 aromatic carbocycles. The molecular weight excluding hydrogens is 797 g/mol. The number of aliphatic hydroxyl groups excluding tert-OH is 1. The summed E-state index contributed by atoms with van der Waals surface area (Å²) in [6, 6.07) is 8.56. The number of methoxy groups -OCH3 is 1. The average molecular weight is 849 g/mol. The molecule has 7 aliphatic heterocycles. The third-order valence-electron chi connectivity index (χ3n) is 13.9. The highest BCUT2D eigenvalue weighted by Crippen LogP contribution is 2.64. The quantitative estimate of drug-likeness (QED) is 0.129. The largest absolute Gasteiger partial charge is 0.493 e. The SMILES string of the molecule is C=CCOc1c(OC)c(C)cc2c1[C@@H]1C3[C@@H]4SC[C@]5(C(=O)COC[C@@H](c6c7c(c(C)c(OC(C)=O)c64)OCO7)N3[C@@H](O)[C@H](C2)N1C)c1[nH]c2ccccc2c1CCN5CC=C. The van der Waals surface area contributed by atoms with Gasteiger partial charge in [0, 0.05) is 70.7 Å². The summed E-state index contributed by atoms with van der Waals surface area (Å²) in [5.41, 5.74) is 6.90. The number of carbonyl (C=O) groups is 2. The second kappa shape index (κ2) is 15.2. The second-order valence-corrected chi connectivity index (χ2v) is 18.1. The number of carbonyl (C=O) groups excluding carboxylic acids is 2. The number of piperazine rings is 1. The average Bonchev–Trinajstić information content (AvgIpc) is 3.88. The maximum atomic E-state index is 15.4. The van der Waals surface area contributed by atoms with Gasteiger partial charge >= 0.3 is 5.97 Å². The first kappa shape index (κ1) is 40.3. The van der Waals surface area contributed by atoms with Crippen molar-refractivity contribution in [3.8, 4) is 28.7 Å². The lowest BCUT2D eigenvalue weighted by atomic mass is 9.73. The third-order valence-corrected chi connectivity index (χ3v) is 15.4. The Labute approximate surface area is 359 Å². The van der Waals surface area contributed by atoms with Crippen molar-refractivity contribution in [1.29, 1.82) is 0 Å². The molecule has 8 heterocycles. The molecule has 0 saturated carbocycles. The number of nitrogens with zero attached hydrogens (tertiary/aromatic N) is 3. The van der Waals surface area contributed by atoms with E-state index in [9.17, 15) is 9.90 Å². The summed E-state index contributed by atoms with van der Waals surface area (Å²) < 4.78 is 38.2. The van der Waals surface area contributed by atoms with Crippen molar-refractivity contribution >= 4 is 34.4 Å².